The van der Waals surface area contributed by atoms with E-state index >= 15 is 0 Å². The lowest BCUT2D eigenvalue weighted by atomic mass is 9.93. The molecule has 2 aliphatic rings. The number of phenols is 1. The second-order valence-electron chi connectivity index (χ2n) is 9.19. The van der Waals surface area contributed by atoms with Crippen LogP contribution in [0.25, 0.3) is 0 Å². The Morgan fingerprint density at radius 1 is 0.946 bits per heavy atom. The minimum Gasteiger partial charge on any atom is -0.506 e. The van der Waals surface area contributed by atoms with Gasteiger partial charge in [-0.25, -0.2) is 4.79 Å². The second kappa shape index (κ2) is 11.5. The van der Waals surface area contributed by atoms with Crippen molar-refractivity contribution in [3.8, 4) is 5.75 Å². The topological polar surface area (TPSA) is 73.3 Å². The van der Waals surface area contributed by atoms with E-state index in [-0.39, 0.29) is 24.8 Å². The van der Waals surface area contributed by atoms with Crippen LogP contribution in [0.1, 0.15) is 16.7 Å². The van der Waals surface area contributed by atoms with Crippen LogP contribution in [-0.4, -0.2) is 59.1 Å². The maximum Gasteiger partial charge on any atom is 0.411 e. The fraction of sp³-hybridized carbons (Fsp3) is 0.286. The third-order valence-corrected chi connectivity index (χ3v) is 8.93. The Hall–Kier alpha value is -2.54. The van der Waals surface area contributed by atoms with Gasteiger partial charge < -0.3 is 19.6 Å². The molecule has 7 nitrogen and oxygen atoms in total. The summed E-state index contributed by atoms with van der Waals surface area (Å²) in [5.41, 5.74) is 3.89. The summed E-state index contributed by atoms with van der Waals surface area (Å²) >= 11 is 4.23. The predicted molar refractivity (Wildman–Crippen MR) is 158 cm³/mol. The number of phenolic OH excluding ortho intramolecular Hbond substituents is 1. The lowest BCUT2D eigenvalue weighted by Crippen LogP contribution is -2.57. The molecule has 0 bridgehead atoms. The van der Waals surface area contributed by atoms with Gasteiger partial charge in [0.15, 0.2) is 0 Å². The molecule has 5 rings (SSSR count). The minimum atomic E-state index is -0.657. The average Bonchev–Trinajstić information content (AvgIpc) is 2.95. The van der Waals surface area contributed by atoms with Gasteiger partial charge in [0, 0.05) is 38.3 Å². The minimum absolute atomic E-state index is 0.0619. The van der Waals surface area contributed by atoms with Crippen molar-refractivity contribution in [1.82, 2.24) is 9.80 Å². The third-order valence-electron chi connectivity index (χ3n) is 6.94. The van der Waals surface area contributed by atoms with Crippen LogP contribution in [0.15, 0.2) is 66.7 Å². The monoisotopic (exact) mass is 723 g/mol. The summed E-state index contributed by atoms with van der Waals surface area (Å²) < 4.78 is 7.11. The number of anilines is 1. The Morgan fingerprint density at radius 2 is 1.59 bits per heavy atom. The molecule has 3 aromatic rings. The molecule has 2 amide bonds. The predicted octanol–water partition coefficient (Wildman–Crippen LogP) is 5.01. The summed E-state index contributed by atoms with van der Waals surface area (Å²) in [6, 6.07) is 21.0. The first-order chi connectivity index (χ1) is 17.9. The number of hydrogen-bond acceptors (Lipinski definition) is 5. The van der Waals surface area contributed by atoms with Gasteiger partial charge in [-0.2, -0.15) is 0 Å². The van der Waals surface area contributed by atoms with E-state index in [4.69, 9.17) is 4.74 Å². The summed E-state index contributed by atoms with van der Waals surface area (Å²) in [5, 5.41) is 10.5. The van der Waals surface area contributed by atoms with Gasteiger partial charge in [-0.15, -0.1) is 0 Å². The van der Waals surface area contributed by atoms with E-state index in [2.05, 4.69) is 62.2 Å². The van der Waals surface area contributed by atoms with Gasteiger partial charge in [-0.1, -0.05) is 48.5 Å². The fourth-order valence-corrected chi connectivity index (χ4v) is 6.87. The molecular formula is C28H27I2N3O4. The maximum atomic E-state index is 13.8. The van der Waals surface area contributed by atoms with Crippen molar-refractivity contribution in [2.75, 3.05) is 31.1 Å². The molecule has 2 heterocycles. The summed E-state index contributed by atoms with van der Waals surface area (Å²) in [6.45, 7) is 3.01. The molecule has 1 atom stereocenters. The summed E-state index contributed by atoms with van der Waals surface area (Å²) in [7, 11) is 0. The van der Waals surface area contributed by atoms with E-state index in [9.17, 15) is 14.7 Å². The number of ether oxygens (including phenoxy) is 1. The second-order valence-corrected chi connectivity index (χ2v) is 11.4. The number of rotatable bonds is 4. The molecule has 192 valence electrons. The fourth-order valence-electron chi connectivity index (χ4n) is 4.90. The maximum absolute atomic E-state index is 13.8. The third kappa shape index (κ3) is 5.66. The number of benzene rings is 3. The first-order valence-corrected chi connectivity index (χ1v) is 14.3. The van der Waals surface area contributed by atoms with Crippen molar-refractivity contribution in [1.29, 1.82) is 0 Å². The normalized spacial score (nSPS) is 17.4. The van der Waals surface area contributed by atoms with Crippen molar-refractivity contribution in [3.63, 3.8) is 0 Å². The Balaban J connectivity index is 1.36. The van der Waals surface area contributed by atoms with Crippen LogP contribution in [-0.2, 0) is 29.1 Å². The van der Waals surface area contributed by atoms with Crippen molar-refractivity contribution < 1.29 is 19.4 Å². The van der Waals surface area contributed by atoms with Crippen LogP contribution in [0.3, 0.4) is 0 Å². The van der Waals surface area contributed by atoms with Crippen LogP contribution in [0, 0.1) is 7.14 Å². The number of hydrogen-bond donors (Lipinski definition) is 1. The Labute approximate surface area is 243 Å². The molecule has 1 N–H and O–H groups in total. The SMILES string of the molecule is O=C([C@@H]1Cc2cc(I)c(O)c(I)c2CN1C(=O)OCc1ccccc1)N1CCN(c2ccccc2)CC1. The van der Waals surface area contributed by atoms with Crippen molar-refractivity contribution in [3.05, 3.63) is 90.6 Å². The first kappa shape index (κ1) is 26.1. The molecule has 1 saturated heterocycles. The van der Waals surface area contributed by atoms with Gasteiger partial charge in [-0.05, 0) is 80.1 Å². The lowest BCUT2D eigenvalue weighted by Gasteiger charge is -2.41. The molecule has 9 heteroatoms. The Kier molecular flexibility index (Phi) is 8.08. The highest BCUT2D eigenvalue weighted by atomic mass is 127. The highest BCUT2D eigenvalue weighted by Crippen LogP contribution is 2.36. The van der Waals surface area contributed by atoms with Crippen LogP contribution in [0.2, 0.25) is 0 Å². The number of carbonyl (C=O) groups is 2. The van der Waals surface area contributed by atoms with E-state index in [1.807, 2.05) is 59.5 Å². The van der Waals surface area contributed by atoms with Crippen molar-refractivity contribution in [2.24, 2.45) is 0 Å². The number of aromatic hydroxyl groups is 1. The van der Waals surface area contributed by atoms with Crippen LogP contribution in [0.4, 0.5) is 10.5 Å². The molecular weight excluding hydrogens is 696 g/mol. The number of para-hydroxylation sites is 1. The average molecular weight is 723 g/mol. The lowest BCUT2D eigenvalue weighted by molar-refractivity contribution is -0.137. The molecule has 2 aliphatic heterocycles. The van der Waals surface area contributed by atoms with Crippen LogP contribution < -0.4 is 4.90 Å². The standard InChI is InChI=1S/C28H27I2N3O4/c29-23-15-20-16-24(27(35)32-13-11-31(12-14-32)21-9-5-2-6-10-21)33(17-22(20)25(30)26(23)34)28(36)37-18-19-7-3-1-4-8-19/h1-10,15,24,34H,11-14,16-18H2/t24-/m0/s1. The first-order valence-electron chi connectivity index (χ1n) is 12.2. The molecule has 3 aromatic carbocycles. The smallest absolute Gasteiger partial charge is 0.411 e. The van der Waals surface area contributed by atoms with Gasteiger partial charge in [0.2, 0.25) is 5.91 Å². The number of piperazine rings is 1. The van der Waals surface area contributed by atoms with Gasteiger partial charge in [0.25, 0.3) is 0 Å². The number of fused-ring (bicyclic) bond motifs is 1. The zero-order chi connectivity index (χ0) is 25.9. The van der Waals surface area contributed by atoms with Crippen LogP contribution >= 0.6 is 45.2 Å². The molecule has 0 unspecified atom stereocenters. The number of carbonyl (C=O) groups excluding carboxylic acids is 2. The molecule has 0 radical (unpaired) electrons. The molecule has 0 saturated carbocycles. The van der Waals surface area contributed by atoms with E-state index in [1.165, 1.54) is 4.90 Å². The summed E-state index contributed by atoms with van der Waals surface area (Å²) in [5.74, 6) is 0.146. The molecule has 37 heavy (non-hydrogen) atoms. The highest BCUT2D eigenvalue weighted by molar-refractivity contribution is 14.1. The highest BCUT2D eigenvalue weighted by Gasteiger charge is 2.40. The molecule has 1 fully saturated rings. The van der Waals surface area contributed by atoms with Gasteiger partial charge in [0.05, 0.1) is 13.7 Å². The van der Waals surface area contributed by atoms with E-state index in [0.717, 1.165) is 39.0 Å². The van der Waals surface area contributed by atoms with Gasteiger partial charge >= 0.3 is 6.09 Å². The zero-order valence-corrected chi connectivity index (χ0v) is 24.5. The van der Waals surface area contributed by atoms with Crippen molar-refractivity contribution in [2.45, 2.75) is 25.6 Å². The van der Waals surface area contributed by atoms with E-state index in [0.29, 0.717) is 23.1 Å². The zero-order valence-electron chi connectivity index (χ0n) is 20.1. The van der Waals surface area contributed by atoms with Crippen LogP contribution in [0.5, 0.6) is 5.75 Å². The molecule has 0 aliphatic carbocycles. The van der Waals surface area contributed by atoms with Crippen molar-refractivity contribution >= 4 is 62.9 Å². The van der Waals surface area contributed by atoms with E-state index in [1.54, 1.807) is 0 Å². The van der Waals surface area contributed by atoms with Gasteiger partial charge in [-0.3, -0.25) is 9.69 Å². The Bertz CT molecular complexity index is 1280. The quantitative estimate of drug-likeness (QED) is 0.384. The largest absolute Gasteiger partial charge is 0.506 e. The number of amides is 2. The van der Waals surface area contributed by atoms with E-state index < -0.39 is 12.1 Å². The van der Waals surface area contributed by atoms with Gasteiger partial charge in [0.1, 0.15) is 18.4 Å². The molecule has 0 spiro atoms. The summed E-state index contributed by atoms with van der Waals surface area (Å²) in [6.07, 6.45) is -0.135. The summed E-state index contributed by atoms with van der Waals surface area (Å²) in [4.78, 5) is 32.8. The Morgan fingerprint density at radius 3 is 2.27 bits per heavy atom. The molecule has 0 aromatic heterocycles. The number of nitrogens with zero attached hydrogens (tertiary/aromatic N) is 3. The number of halogens is 2.